The van der Waals surface area contributed by atoms with Crippen molar-refractivity contribution in [1.82, 2.24) is 19.5 Å². The number of likely N-dealkylation sites (tertiary alicyclic amines) is 1. The highest BCUT2D eigenvalue weighted by molar-refractivity contribution is 5.94. The first-order chi connectivity index (χ1) is 14.5. The number of anilines is 1. The number of hydrogen-bond donors (Lipinski definition) is 1. The predicted octanol–water partition coefficient (Wildman–Crippen LogP) is 2.46. The smallest absolute Gasteiger partial charge is 0.296 e. The Kier molecular flexibility index (Phi) is 5.57. The van der Waals surface area contributed by atoms with Crippen LogP contribution < -0.4 is 10.1 Å². The van der Waals surface area contributed by atoms with Crippen molar-refractivity contribution in [3.63, 3.8) is 0 Å². The molecule has 30 heavy (non-hydrogen) atoms. The molecule has 3 aromatic rings. The molecule has 1 amide bonds. The van der Waals surface area contributed by atoms with E-state index in [1.54, 1.807) is 6.07 Å². The van der Waals surface area contributed by atoms with Crippen LogP contribution in [0.2, 0.25) is 0 Å². The van der Waals surface area contributed by atoms with E-state index in [0.29, 0.717) is 5.75 Å². The van der Waals surface area contributed by atoms with Gasteiger partial charge < -0.3 is 10.1 Å². The van der Waals surface area contributed by atoms with Gasteiger partial charge in [0.1, 0.15) is 17.3 Å². The fourth-order valence-electron chi connectivity index (χ4n) is 3.78. The first-order valence-electron chi connectivity index (χ1n) is 9.69. The summed E-state index contributed by atoms with van der Waals surface area (Å²) in [7, 11) is 1.43. The zero-order valence-electron chi connectivity index (χ0n) is 16.5. The van der Waals surface area contributed by atoms with Gasteiger partial charge in [-0.2, -0.15) is 0 Å². The second-order valence-corrected chi connectivity index (χ2v) is 7.23. The topological polar surface area (TPSA) is 115 Å². The number of ether oxygens (including phenoxy) is 1. The molecule has 3 heterocycles. The van der Waals surface area contributed by atoms with Gasteiger partial charge in [0.2, 0.25) is 5.91 Å². The molecule has 10 heteroatoms. The third-order valence-corrected chi connectivity index (χ3v) is 5.34. The lowest BCUT2D eigenvalue weighted by Gasteiger charge is -2.30. The second kappa shape index (κ2) is 8.46. The minimum atomic E-state index is -0.535. The molecule has 4 rings (SSSR count). The fourth-order valence-corrected chi connectivity index (χ4v) is 3.78. The molecule has 1 saturated heterocycles. The lowest BCUT2D eigenvalue weighted by atomic mass is 9.96. The number of nitro benzene ring substituents is 1. The van der Waals surface area contributed by atoms with E-state index in [2.05, 4.69) is 15.5 Å². The van der Waals surface area contributed by atoms with Crippen LogP contribution in [0.4, 0.5) is 11.4 Å². The lowest BCUT2D eigenvalue weighted by Crippen LogP contribution is -2.39. The first kappa shape index (κ1) is 19.8. The number of carbonyl (C=O) groups excluding carboxylic acids is 1. The average molecular weight is 410 g/mol. The standard InChI is InChI=1S/C20H22N6O4/c1-30-15-5-6-16(17(12-15)26(28)29)21-19(27)13-24-10-7-14(8-11-24)20-23-22-18-4-2-3-9-25(18)20/h2-6,9,12,14H,7-8,10-11,13H2,1H3,(H,21,27). The third kappa shape index (κ3) is 4.08. The van der Waals surface area contributed by atoms with Crippen LogP contribution in [0.3, 0.4) is 0 Å². The number of methoxy groups -OCH3 is 1. The van der Waals surface area contributed by atoms with E-state index in [9.17, 15) is 14.9 Å². The molecule has 1 aliphatic rings. The van der Waals surface area contributed by atoms with Gasteiger partial charge in [-0.25, -0.2) is 0 Å². The number of pyridine rings is 1. The van der Waals surface area contributed by atoms with Crippen molar-refractivity contribution in [3.8, 4) is 5.75 Å². The number of hydrogen-bond acceptors (Lipinski definition) is 7. The van der Waals surface area contributed by atoms with Gasteiger partial charge in [-0.3, -0.25) is 24.2 Å². The van der Waals surface area contributed by atoms with Gasteiger partial charge in [0.25, 0.3) is 5.69 Å². The van der Waals surface area contributed by atoms with Gasteiger partial charge in [-0.15, -0.1) is 10.2 Å². The fraction of sp³-hybridized carbons (Fsp3) is 0.350. The zero-order valence-corrected chi connectivity index (χ0v) is 16.5. The predicted molar refractivity (Wildman–Crippen MR) is 110 cm³/mol. The summed E-state index contributed by atoms with van der Waals surface area (Å²) in [6.07, 6.45) is 3.70. The minimum absolute atomic E-state index is 0.163. The van der Waals surface area contributed by atoms with Gasteiger partial charge in [0.05, 0.1) is 24.6 Å². The van der Waals surface area contributed by atoms with Gasteiger partial charge in [0.15, 0.2) is 5.65 Å². The normalized spacial score (nSPS) is 15.2. The number of piperidine rings is 1. The maximum absolute atomic E-state index is 12.5. The van der Waals surface area contributed by atoms with Crippen LogP contribution in [-0.2, 0) is 4.79 Å². The number of nitro groups is 1. The summed E-state index contributed by atoms with van der Waals surface area (Å²) in [6, 6.07) is 10.2. The monoisotopic (exact) mass is 410 g/mol. The van der Waals surface area contributed by atoms with Crippen LogP contribution in [0.15, 0.2) is 42.6 Å². The zero-order chi connectivity index (χ0) is 21.1. The van der Waals surface area contributed by atoms with Crippen molar-refractivity contribution < 1.29 is 14.5 Å². The summed E-state index contributed by atoms with van der Waals surface area (Å²) in [6.45, 7) is 1.66. The molecule has 156 valence electrons. The van der Waals surface area contributed by atoms with Crippen LogP contribution >= 0.6 is 0 Å². The van der Waals surface area contributed by atoms with Crippen molar-refractivity contribution >= 4 is 22.9 Å². The molecular weight excluding hydrogens is 388 g/mol. The van der Waals surface area contributed by atoms with E-state index in [-0.39, 0.29) is 29.7 Å². The maximum atomic E-state index is 12.5. The van der Waals surface area contributed by atoms with E-state index < -0.39 is 4.92 Å². The second-order valence-electron chi connectivity index (χ2n) is 7.23. The number of amides is 1. The van der Waals surface area contributed by atoms with Crippen LogP contribution in [-0.4, -0.2) is 57.1 Å². The first-order valence-corrected chi connectivity index (χ1v) is 9.69. The highest BCUT2D eigenvalue weighted by Crippen LogP contribution is 2.30. The molecular formula is C20H22N6O4. The Morgan fingerprint density at radius 1 is 1.27 bits per heavy atom. The van der Waals surface area contributed by atoms with E-state index >= 15 is 0 Å². The summed E-state index contributed by atoms with van der Waals surface area (Å²) in [5, 5.41) is 22.5. The highest BCUT2D eigenvalue weighted by Gasteiger charge is 2.26. The van der Waals surface area contributed by atoms with Crippen molar-refractivity contribution in [2.24, 2.45) is 0 Å². The van der Waals surface area contributed by atoms with E-state index in [1.165, 1.54) is 19.2 Å². The molecule has 10 nitrogen and oxygen atoms in total. The summed E-state index contributed by atoms with van der Waals surface area (Å²) in [5.74, 6) is 1.31. The molecule has 1 aliphatic heterocycles. The van der Waals surface area contributed by atoms with Crippen LogP contribution in [0, 0.1) is 10.1 Å². The van der Waals surface area contributed by atoms with Crippen molar-refractivity contribution in [1.29, 1.82) is 0 Å². The Balaban J connectivity index is 1.35. The lowest BCUT2D eigenvalue weighted by molar-refractivity contribution is -0.384. The molecule has 0 aliphatic carbocycles. The van der Waals surface area contributed by atoms with Crippen LogP contribution in [0.1, 0.15) is 24.6 Å². The Morgan fingerprint density at radius 2 is 2.07 bits per heavy atom. The van der Waals surface area contributed by atoms with Gasteiger partial charge >= 0.3 is 0 Å². The summed E-state index contributed by atoms with van der Waals surface area (Å²) >= 11 is 0. The summed E-state index contributed by atoms with van der Waals surface area (Å²) in [5.41, 5.74) is 0.797. The Hall–Kier alpha value is -3.53. The number of nitrogens with one attached hydrogen (secondary N) is 1. The number of rotatable bonds is 6. The SMILES string of the molecule is COc1ccc(NC(=O)CN2CCC(c3nnc4ccccn34)CC2)c([N+](=O)[O-])c1. The van der Waals surface area contributed by atoms with E-state index in [1.807, 2.05) is 33.7 Å². The number of benzene rings is 1. The molecule has 1 aromatic carbocycles. The number of carbonyl (C=O) groups is 1. The van der Waals surface area contributed by atoms with Crippen molar-refractivity contribution in [3.05, 3.63) is 58.5 Å². The highest BCUT2D eigenvalue weighted by atomic mass is 16.6. The molecule has 0 atom stereocenters. The maximum Gasteiger partial charge on any atom is 0.296 e. The molecule has 0 saturated carbocycles. The molecule has 0 bridgehead atoms. The largest absolute Gasteiger partial charge is 0.496 e. The number of aromatic nitrogens is 3. The quantitative estimate of drug-likeness (QED) is 0.490. The molecule has 1 fully saturated rings. The Morgan fingerprint density at radius 3 is 2.80 bits per heavy atom. The third-order valence-electron chi connectivity index (χ3n) is 5.34. The minimum Gasteiger partial charge on any atom is -0.496 e. The molecule has 0 spiro atoms. The summed E-state index contributed by atoms with van der Waals surface area (Å²) < 4.78 is 7.03. The van der Waals surface area contributed by atoms with E-state index in [0.717, 1.165) is 37.4 Å². The van der Waals surface area contributed by atoms with Gasteiger partial charge in [0, 0.05) is 12.1 Å². The van der Waals surface area contributed by atoms with Crippen molar-refractivity contribution in [2.75, 3.05) is 32.1 Å². The molecule has 1 N–H and O–H groups in total. The number of nitrogens with zero attached hydrogens (tertiary/aromatic N) is 5. The van der Waals surface area contributed by atoms with Gasteiger partial charge in [-0.05, 0) is 50.2 Å². The van der Waals surface area contributed by atoms with Crippen molar-refractivity contribution in [2.45, 2.75) is 18.8 Å². The Labute approximate surface area is 172 Å². The molecule has 0 unspecified atom stereocenters. The molecule has 2 aromatic heterocycles. The van der Waals surface area contributed by atoms with Crippen LogP contribution in [0.5, 0.6) is 5.75 Å². The van der Waals surface area contributed by atoms with Gasteiger partial charge in [-0.1, -0.05) is 6.07 Å². The summed E-state index contributed by atoms with van der Waals surface area (Å²) in [4.78, 5) is 25.3. The van der Waals surface area contributed by atoms with E-state index in [4.69, 9.17) is 4.74 Å². The van der Waals surface area contributed by atoms with Crippen LogP contribution in [0.25, 0.3) is 5.65 Å². The Bertz CT molecular complexity index is 1070. The average Bonchev–Trinajstić information content (AvgIpc) is 3.18. The number of fused-ring (bicyclic) bond motifs is 1. The molecule has 0 radical (unpaired) electrons.